The highest BCUT2D eigenvalue weighted by molar-refractivity contribution is 6.04. The molecular formula is C17H15F2NO. The molecule has 0 heterocycles. The lowest BCUT2D eigenvalue weighted by molar-refractivity contribution is 0.102. The average Bonchev–Trinajstić information content (AvgIpc) is 3.27. The van der Waals surface area contributed by atoms with E-state index in [0.29, 0.717) is 11.6 Å². The lowest BCUT2D eigenvalue weighted by atomic mass is 10.1. The van der Waals surface area contributed by atoms with E-state index in [1.807, 2.05) is 0 Å². The van der Waals surface area contributed by atoms with Crippen LogP contribution in [0, 0.1) is 18.6 Å². The molecule has 108 valence electrons. The minimum absolute atomic E-state index is 0.0249. The summed E-state index contributed by atoms with van der Waals surface area (Å²) in [6.45, 7) is 1.75. The number of carbonyl (C=O) groups excluding carboxylic acids is 1. The molecule has 0 spiro atoms. The maximum Gasteiger partial charge on any atom is 0.258 e. The van der Waals surface area contributed by atoms with Crippen molar-refractivity contribution in [2.24, 2.45) is 0 Å². The lowest BCUT2D eigenvalue weighted by Crippen LogP contribution is -2.15. The molecule has 0 atom stereocenters. The third-order valence-electron chi connectivity index (χ3n) is 3.73. The molecule has 2 aromatic carbocycles. The van der Waals surface area contributed by atoms with Gasteiger partial charge in [0.2, 0.25) is 0 Å². The quantitative estimate of drug-likeness (QED) is 0.890. The standard InChI is InChI=1S/C17H15F2NO/c1-10-2-6-13(18)9-16(10)20-17(21)14-7-5-12(8-15(14)19)11-3-4-11/h2,5-9,11H,3-4H2,1H3,(H,20,21). The Balaban J connectivity index is 1.83. The molecule has 4 heteroatoms. The van der Waals surface area contributed by atoms with Crippen molar-refractivity contribution in [3.05, 3.63) is 64.7 Å². The van der Waals surface area contributed by atoms with Gasteiger partial charge >= 0.3 is 0 Å². The molecule has 0 bridgehead atoms. The number of nitrogens with one attached hydrogen (secondary N) is 1. The summed E-state index contributed by atoms with van der Waals surface area (Å²) in [4.78, 5) is 12.1. The van der Waals surface area contributed by atoms with Gasteiger partial charge in [-0.15, -0.1) is 0 Å². The van der Waals surface area contributed by atoms with E-state index in [2.05, 4.69) is 5.32 Å². The van der Waals surface area contributed by atoms with E-state index in [4.69, 9.17) is 0 Å². The van der Waals surface area contributed by atoms with Crippen LogP contribution in [-0.2, 0) is 0 Å². The van der Waals surface area contributed by atoms with Crippen molar-refractivity contribution in [1.29, 1.82) is 0 Å². The van der Waals surface area contributed by atoms with Gasteiger partial charge in [0.15, 0.2) is 0 Å². The molecule has 21 heavy (non-hydrogen) atoms. The van der Waals surface area contributed by atoms with Crippen molar-refractivity contribution in [2.75, 3.05) is 5.32 Å². The van der Waals surface area contributed by atoms with Crippen molar-refractivity contribution in [1.82, 2.24) is 0 Å². The van der Waals surface area contributed by atoms with E-state index in [9.17, 15) is 13.6 Å². The molecular weight excluding hydrogens is 272 g/mol. The SMILES string of the molecule is Cc1ccc(F)cc1NC(=O)c1ccc(C2CC2)cc1F. The number of halogens is 2. The third-order valence-corrected chi connectivity index (χ3v) is 3.73. The number of rotatable bonds is 3. The van der Waals surface area contributed by atoms with E-state index >= 15 is 0 Å². The molecule has 1 saturated carbocycles. The molecule has 0 saturated heterocycles. The molecule has 3 rings (SSSR count). The van der Waals surface area contributed by atoms with Gasteiger partial charge in [0.25, 0.3) is 5.91 Å². The molecule has 1 amide bonds. The second-order valence-corrected chi connectivity index (χ2v) is 5.43. The fourth-order valence-electron chi connectivity index (χ4n) is 2.30. The number of hydrogen-bond donors (Lipinski definition) is 1. The Kier molecular flexibility index (Phi) is 3.45. The highest BCUT2D eigenvalue weighted by Crippen LogP contribution is 2.40. The van der Waals surface area contributed by atoms with Crippen LogP contribution in [0.4, 0.5) is 14.5 Å². The molecule has 1 aliphatic rings. The van der Waals surface area contributed by atoms with Gasteiger partial charge in [0.1, 0.15) is 11.6 Å². The first-order valence-electron chi connectivity index (χ1n) is 6.91. The maximum atomic E-state index is 14.0. The largest absolute Gasteiger partial charge is 0.322 e. The second kappa shape index (κ2) is 5.28. The molecule has 0 aromatic heterocycles. The average molecular weight is 287 g/mol. The van der Waals surface area contributed by atoms with Crippen molar-refractivity contribution in [2.45, 2.75) is 25.7 Å². The van der Waals surface area contributed by atoms with Gasteiger partial charge in [-0.3, -0.25) is 4.79 Å². The van der Waals surface area contributed by atoms with Gasteiger partial charge in [-0.05, 0) is 61.1 Å². The van der Waals surface area contributed by atoms with Crippen LogP contribution in [0.3, 0.4) is 0 Å². The zero-order chi connectivity index (χ0) is 15.0. The van der Waals surface area contributed by atoms with E-state index in [1.165, 1.54) is 24.3 Å². The van der Waals surface area contributed by atoms with Crippen LogP contribution in [0.1, 0.15) is 40.2 Å². The topological polar surface area (TPSA) is 29.1 Å². The summed E-state index contributed by atoms with van der Waals surface area (Å²) in [6, 6.07) is 8.81. The molecule has 0 radical (unpaired) electrons. The van der Waals surface area contributed by atoms with Crippen LogP contribution >= 0.6 is 0 Å². The number of benzene rings is 2. The minimum atomic E-state index is -0.566. The van der Waals surface area contributed by atoms with Crippen LogP contribution in [-0.4, -0.2) is 5.91 Å². The monoisotopic (exact) mass is 287 g/mol. The van der Waals surface area contributed by atoms with Gasteiger partial charge in [0.05, 0.1) is 5.56 Å². The van der Waals surface area contributed by atoms with Crippen molar-refractivity contribution in [3.8, 4) is 0 Å². The predicted octanol–water partition coefficient (Wildman–Crippen LogP) is 4.40. The Hall–Kier alpha value is -2.23. The summed E-state index contributed by atoms with van der Waals surface area (Å²) in [5.74, 6) is -1.11. The Labute approximate surface area is 121 Å². The van der Waals surface area contributed by atoms with Crippen molar-refractivity contribution < 1.29 is 13.6 Å². The summed E-state index contributed by atoms with van der Waals surface area (Å²) in [7, 11) is 0. The lowest BCUT2D eigenvalue weighted by Gasteiger charge is -2.10. The molecule has 1 aliphatic carbocycles. The summed E-state index contributed by atoms with van der Waals surface area (Å²) < 4.78 is 27.2. The van der Waals surface area contributed by atoms with Crippen molar-refractivity contribution in [3.63, 3.8) is 0 Å². The van der Waals surface area contributed by atoms with Gasteiger partial charge in [-0.2, -0.15) is 0 Å². The fraction of sp³-hybridized carbons (Fsp3) is 0.235. The number of amides is 1. The minimum Gasteiger partial charge on any atom is -0.322 e. The predicted molar refractivity (Wildman–Crippen MR) is 77.5 cm³/mol. The van der Waals surface area contributed by atoms with E-state index in [-0.39, 0.29) is 5.56 Å². The zero-order valence-corrected chi connectivity index (χ0v) is 11.6. The molecule has 1 fully saturated rings. The maximum absolute atomic E-state index is 14.0. The van der Waals surface area contributed by atoms with Crippen LogP contribution in [0.25, 0.3) is 0 Å². The first kappa shape index (κ1) is 13.7. The molecule has 1 N–H and O–H groups in total. The van der Waals surface area contributed by atoms with Gasteiger partial charge in [-0.25, -0.2) is 8.78 Å². The normalized spacial score (nSPS) is 14.0. The van der Waals surface area contributed by atoms with Gasteiger partial charge in [0, 0.05) is 5.69 Å². The number of carbonyl (C=O) groups is 1. The Bertz CT molecular complexity index is 708. The molecule has 0 unspecified atom stereocenters. The van der Waals surface area contributed by atoms with Crippen LogP contribution < -0.4 is 5.32 Å². The van der Waals surface area contributed by atoms with Crippen LogP contribution in [0.15, 0.2) is 36.4 Å². The molecule has 2 aromatic rings. The summed E-state index contributed by atoms with van der Waals surface area (Å²) in [5.41, 5.74) is 1.99. The van der Waals surface area contributed by atoms with Crippen molar-refractivity contribution >= 4 is 11.6 Å². The highest BCUT2D eigenvalue weighted by Gasteiger charge is 2.25. The fourth-order valence-corrected chi connectivity index (χ4v) is 2.30. The number of aryl methyl sites for hydroxylation is 1. The smallest absolute Gasteiger partial charge is 0.258 e. The third kappa shape index (κ3) is 2.94. The first-order valence-corrected chi connectivity index (χ1v) is 6.91. The Morgan fingerprint density at radius 3 is 2.57 bits per heavy atom. The van der Waals surface area contributed by atoms with Gasteiger partial charge in [-0.1, -0.05) is 12.1 Å². The van der Waals surface area contributed by atoms with E-state index < -0.39 is 17.5 Å². The number of anilines is 1. The van der Waals surface area contributed by atoms with Gasteiger partial charge < -0.3 is 5.32 Å². The summed E-state index contributed by atoms with van der Waals surface area (Å²) >= 11 is 0. The molecule has 0 aliphatic heterocycles. The summed E-state index contributed by atoms with van der Waals surface area (Å²) in [6.07, 6.45) is 2.15. The zero-order valence-electron chi connectivity index (χ0n) is 11.6. The van der Waals surface area contributed by atoms with E-state index in [0.717, 1.165) is 24.0 Å². The Morgan fingerprint density at radius 1 is 1.14 bits per heavy atom. The van der Waals surface area contributed by atoms with Crippen LogP contribution in [0.2, 0.25) is 0 Å². The molecule has 2 nitrogen and oxygen atoms in total. The van der Waals surface area contributed by atoms with E-state index in [1.54, 1.807) is 19.1 Å². The Morgan fingerprint density at radius 2 is 1.90 bits per heavy atom. The first-order chi connectivity index (χ1) is 10.0. The highest BCUT2D eigenvalue weighted by atomic mass is 19.1. The van der Waals surface area contributed by atoms with Crippen LogP contribution in [0.5, 0.6) is 0 Å². The summed E-state index contributed by atoms with van der Waals surface area (Å²) in [5, 5.41) is 2.55. The second-order valence-electron chi connectivity index (χ2n) is 5.43. The number of hydrogen-bond acceptors (Lipinski definition) is 1.